The summed E-state index contributed by atoms with van der Waals surface area (Å²) in [5, 5.41) is 5.09. The molecule has 2 aromatic rings. The van der Waals surface area contributed by atoms with Crippen LogP contribution in [0.3, 0.4) is 0 Å². The first kappa shape index (κ1) is 16.0. The summed E-state index contributed by atoms with van der Waals surface area (Å²) in [5.74, 6) is 0.736. The highest BCUT2D eigenvalue weighted by atomic mass is 32.1. The van der Waals surface area contributed by atoms with Crippen molar-refractivity contribution in [2.24, 2.45) is 0 Å². The maximum atomic E-state index is 12.4. The lowest BCUT2D eigenvalue weighted by Crippen LogP contribution is -2.32. The van der Waals surface area contributed by atoms with E-state index in [4.69, 9.17) is 4.74 Å². The number of carbonyl (C=O) groups excluding carboxylic acids is 1. The van der Waals surface area contributed by atoms with Crippen molar-refractivity contribution in [3.05, 3.63) is 46.7 Å². The number of rotatable bonds is 6. The molecule has 5 heteroatoms. The summed E-state index contributed by atoms with van der Waals surface area (Å²) in [4.78, 5) is 16.1. The Morgan fingerprint density at radius 2 is 2.22 bits per heavy atom. The fourth-order valence-electron chi connectivity index (χ4n) is 3.04. The smallest absolute Gasteiger partial charge is 0.238 e. The second-order valence-electron chi connectivity index (χ2n) is 5.62. The van der Waals surface area contributed by atoms with Crippen LogP contribution in [0.25, 0.3) is 0 Å². The molecule has 1 atom stereocenters. The Kier molecular flexibility index (Phi) is 5.31. The first-order chi connectivity index (χ1) is 11.3. The summed E-state index contributed by atoms with van der Waals surface area (Å²) >= 11 is 1.77. The Bertz CT molecular complexity index is 642. The number of nitrogens with one attached hydrogen (secondary N) is 1. The fraction of sp³-hybridized carbons (Fsp3) is 0.389. The third-order valence-electron chi connectivity index (χ3n) is 4.04. The fourth-order valence-corrected chi connectivity index (χ4v) is 3.94. The van der Waals surface area contributed by atoms with Crippen LogP contribution < -0.4 is 10.1 Å². The van der Waals surface area contributed by atoms with E-state index in [9.17, 15) is 4.79 Å². The molecule has 0 spiro atoms. The molecular weight excluding hydrogens is 308 g/mol. The zero-order chi connectivity index (χ0) is 16.1. The maximum Gasteiger partial charge on any atom is 0.238 e. The van der Waals surface area contributed by atoms with Crippen LogP contribution in [0.15, 0.2) is 41.8 Å². The Morgan fingerprint density at radius 3 is 3.00 bits per heavy atom. The van der Waals surface area contributed by atoms with Gasteiger partial charge in [-0.1, -0.05) is 18.2 Å². The molecule has 0 bridgehead atoms. The summed E-state index contributed by atoms with van der Waals surface area (Å²) in [6, 6.07) is 12.2. The van der Waals surface area contributed by atoms with Crippen molar-refractivity contribution in [3.8, 4) is 5.75 Å². The van der Waals surface area contributed by atoms with Crippen LogP contribution in [-0.2, 0) is 4.79 Å². The number of amides is 1. The quantitative estimate of drug-likeness (QED) is 0.873. The van der Waals surface area contributed by atoms with Gasteiger partial charge in [0.15, 0.2) is 0 Å². The minimum Gasteiger partial charge on any atom is -0.492 e. The number of nitrogens with zero attached hydrogens (tertiary/aromatic N) is 1. The van der Waals surface area contributed by atoms with Gasteiger partial charge in [0.1, 0.15) is 5.75 Å². The second kappa shape index (κ2) is 7.62. The average molecular weight is 330 g/mol. The number of hydrogen-bond acceptors (Lipinski definition) is 4. The van der Waals surface area contributed by atoms with E-state index in [1.165, 1.54) is 4.88 Å². The van der Waals surface area contributed by atoms with Crippen LogP contribution >= 0.6 is 11.3 Å². The van der Waals surface area contributed by atoms with Gasteiger partial charge < -0.3 is 10.1 Å². The minimum absolute atomic E-state index is 0.0145. The lowest BCUT2D eigenvalue weighted by atomic mass is 10.2. The van der Waals surface area contributed by atoms with Crippen LogP contribution in [-0.4, -0.2) is 30.5 Å². The monoisotopic (exact) mass is 330 g/mol. The lowest BCUT2D eigenvalue weighted by Gasteiger charge is -2.23. The van der Waals surface area contributed by atoms with Gasteiger partial charge in [-0.05, 0) is 49.9 Å². The van der Waals surface area contributed by atoms with Gasteiger partial charge >= 0.3 is 0 Å². The molecule has 1 aromatic heterocycles. The summed E-state index contributed by atoms with van der Waals surface area (Å²) in [6.07, 6.45) is 2.27. The number of carbonyl (C=O) groups is 1. The van der Waals surface area contributed by atoms with Crippen molar-refractivity contribution in [2.75, 3.05) is 25.0 Å². The largest absolute Gasteiger partial charge is 0.492 e. The molecule has 1 saturated heterocycles. The standard InChI is InChI=1S/C18H22N2O2S/c1-2-22-16-9-4-3-7-14(16)19-18(21)13-20-11-5-8-15(20)17-10-6-12-23-17/h3-4,6-7,9-10,12,15H,2,5,8,11,13H2,1H3,(H,19,21)/t15-/m0/s1. The highest BCUT2D eigenvalue weighted by Gasteiger charge is 2.28. The molecule has 1 aliphatic heterocycles. The molecule has 3 rings (SSSR count). The van der Waals surface area contributed by atoms with E-state index >= 15 is 0 Å². The van der Waals surface area contributed by atoms with Crippen LogP contribution in [0.4, 0.5) is 5.69 Å². The van der Waals surface area contributed by atoms with Crippen molar-refractivity contribution in [1.82, 2.24) is 4.90 Å². The van der Waals surface area contributed by atoms with E-state index in [1.54, 1.807) is 11.3 Å². The van der Waals surface area contributed by atoms with E-state index in [-0.39, 0.29) is 5.91 Å². The van der Waals surface area contributed by atoms with Gasteiger partial charge in [-0.25, -0.2) is 0 Å². The minimum atomic E-state index is 0.0145. The molecule has 0 radical (unpaired) electrons. The second-order valence-corrected chi connectivity index (χ2v) is 6.60. The predicted octanol–water partition coefficient (Wildman–Crippen LogP) is 3.92. The maximum absolute atomic E-state index is 12.4. The number of thiophene rings is 1. The molecule has 1 N–H and O–H groups in total. The Morgan fingerprint density at radius 1 is 1.35 bits per heavy atom. The summed E-state index contributed by atoms with van der Waals surface area (Å²) in [7, 11) is 0. The molecule has 1 aliphatic rings. The molecule has 4 nitrogen and oxygen atoms in total. The normalized spacial score (nSPS) is 18.0. The summed E-state index contributed by atoms with van der Waals surface area (Å²) < 4.78 is 5.56. The Hall–Kier alpha value is -1.85. The van der Waals surface area contributed by atoms with E-state index in [0.29, 0.717) is 19.2 Å². The van der Waals surface area contributed by atoms with Crippen LogP contribution in [0, 0.1) is 0 Å². The number of ether oxygens (including phenoxy) is 1. The third-order valence-corrected chi connectivity index (χ3v) is 5.02. The van der Waals surface area contributed by atoms with Crippen molar-refractivity contribution >= 4 is 22.9 Å². The van der Waals surface area contributed by atoms with Crippen molar-refractivity contribution in [2.45, 2.75) is 25.8 Å². The zero-order valence-electron chi connectivity index (χ0n) is 13.3. The SMILES string of the molecule is CCOc1ccccc1NC(=O)CN1CCC[C@H]1c1cccs1. The van der Waals surface area contributed by atoms with Crippen molar-refractivity contribution in [1.29, 1.82) is 0 Å². The molecule has 1 fully saturated rings. The van der Waals surface area contributed by atoms with E-state index in [0.717, 1.165) is 30.8 Å². The molecule has 122 valence electrons. The number of anilines is 1. The third kappa shape index (κ3) is 3.92. The highest BCUT2D eigenvalue weighted by Crippen LogP contribution is 2.34. The predicted molar refractivity (Wildman–Crippen MR) is 94.1 cm³/mol. The van der Waals surface area contributed by atoms with Gasteiger partial charge in [0.05, 0.1) is 18.8 Å². The van der Waals surface area contributed by atoms with Gasteiger partial charge in [0, 0.05) is 10.9 Å². The number of benzene rings is 1. The van der Waals surface area contributed by atoms with Gasteiger partial charge in [0.25, 0.3) is 0 Å². The number of likely N-dealkylation sites (tertiary alicyclic amines) is 1. The molecule has 1 amide bonds. The zero-order valence-corrected chi connectivity index (χ0v) is 14.1. The average Bonchev–Trinajstić information content (AvgIpc) is 3.20. The van der Waals surface area contributed by atoms with Crippen LogP contribution in [0.1, 0.15) is 30.7 Å². The Balaban J connectivity index is 1.63. The molecule has 0 saturated carbocycles. The van der Waals surface area contributed by atoms with Gasteiger partial charge in [-0.3, -0.25) is 9.69 Å². The molecule has 0 aliphatic carbocycles. The van der Waals surface area contributed by atoms with Crippen LogP contribution in [0.5, 0.6) is 5.75 Å². The summed E-state index contributed by atoms with van der Waals surface area (Å²) in [6.45, 7) is 3.92. The van der Waals surface area contributed by atoms with Crippen LogP contribution in [0.2, 0.25) is 0 Å². The van der Waals surface area contributed by atoms with Crippen molar-refractivity contribution < 1.29 is 9.53 Å². The first-order valence-electron chi connectivity index (χ1n) is 8.07. The molecule has 23 heavy (non-hydrogen) atoms. The summed E-state index contributed by atoms with van der Waals surface area (Å²) in [5.41, 5.74) is 0.742. The van der Waals surface area contributed by atoms with E-state index < -0.39 is 0 Å². The van der Waals surface area contributed by atoms with Gasteiger partial charge in [-0.2, -0.15) is 0 Å². The Labute approximate surface area is 141 Å². The lowest BCUT2D eigenvalue weighted by molar-refractivity contribution is -0.117. The van der Waals surface area contributed by atoms with Crippen molar-refractivity contribution in [3.63, 3.8) is 0 Å². The van der Waals surface area contributed by atoms with E-state index in [1.807, 2.05) is 31.2 Å². The molecule has 0 unspecified atom stereocenters. The topological polar surface area (TPSA) is 41.6 Å². The first-order valence-corrected chi connectivity index (χ1v) is 8.95. The number of hydrogen-bond donors (Lipinski definition) is 1. The van der Waals surface area contributed by atoms with E-state index in [2.05, 4.69) is 27.7 Å². The molecule has 2 heterocycles. The van der Waals surface area contributed by atoms with Gasteiger partial charge in [-0.15, -0.1) is 11.3 Å². The molecule has 1 aromatic carbocycles. The van der Waals surface area contributed by atoms with Gasteiger partial charge in [0.2, 0.25) is 5.91 Å². The number of para-hydroxylation sites is 2. The highest BCUT2D eigenvalue weighted by molar-refractivity contribution is 7.10. The molecular formula is C18H22N2O2S.